The molecule has 0 heteroatoms. The molecule has 1 aliphatic carbocycles. The van der Waals surface area contributed by atoms with Crippen LogP contribution in [0.4, 0.5) is 0 Å². The fourth-order valence-corrected chi connectivity index (χ4v) is 3.07. The molecule has 0 saturated carbocycles. The first-order chi connectivity index (χ1) is 8.49. The number of benzene rings is 2. The monoisotopic (exact) mass is 236 g/mol. The quantitative estimate of drug-likeness (QED) is 0.526. The van der Waals surface area contributed by atoms with Crippen LogP contribution in [0.5, 0.6) is 0 Å². The molecule has 0 spiro atoms. The summed E-state index contributed by atoms with van der Waals surface area (Å²) in [6, 6.07) is 7.11. The van der Waals surface area contributed by atoms with E-state index in [-0.39, 0.29) is 0 Å². The minimum atomic E-state index is 1.11. The van der Waals surface area contributed by atoms with Crippen molar-refractivity contribution < 1.29 is 0 Å². The van der Waals surface area contributed by atoms with Crippen LogP contribution in [0.2, 0.25) is 0 Å². The predicted octanol–water partition coefficient (Wildman–Crippen LogP) is 4.80. The van der Waals surface area contributed by atoms with Crippen LogP contribution < -0.4 is 0 Å². The molecule has 3 rings (SSSR count). The third kappa shape index (κ3) is 1.45. The van der Waals surface area contributed by atoms with Crippen molar-refractivity contribution in [1.29, 1.82) is 0 Å². The number of aryl methyl sites for hydroxylation is 3. The van der Waals surface area contributed by atoms with Crippen molar-refractivity contribution >= 4 is 0 Å². The topological polar surface area (TPSA) is 0 Å². The highest BCUT2D eigenvalue weighted by Crippen LogP contribution is 2.41. The molecule has 0 aromatic heterocycles. The van der Waals surface area contributed by atoms with Crippen molar-refractivity contribution in [3.63, 3.8) is 0 Å². The van der Waals surface area contributed by atoms with Crippen molar-refractivity contribution in [2.75, 3.05) is 0 Å². The third-order valence-electron chi connectivity index (χ3n) is 4.67. The average molecular weight is 236 g/mol. The van der Waals surface area contributed by atoms with Gasteiger partial charge < -0.3 is 0 Å². The molecule has 0 amide bonds. The number of hydrogen-bond acceptors (Lipinski definition) is 0. The van der Waals surface area contributed by atoms with Gasteiger partial charge in [0, 0.05) is 0 Å². The van der Waals surface area contributed by atoms with Crippen LogP contribution in [0.3, 0.4) is 0 Å². The molecule has 0 saturated heterocycles. The molecule has 0 radical (unpaired) electrons. The van der Waals surface area contributed by atoms with Crippen molar-refractivity contribution in [2.24, 2.45) is 0 Å². The van der Waals surface area contributed by atoms with Crippen LogP contribution in [0, 0.1) is 34.6 Å². The van der Waals surface area contributed by atoms with Gasteiger partial charge in [-0.1, -0.05) is 18.2 Å². The van der Waals surface area contributed by atoms with Gasteiger partial charge in [-0.25, -0.2) is 0 Å². The van der Waals surface area contributed by atoms with E-state index < -0.39 is 0 Å². The SMILES string of the molecule is Cc1cc2c(cc1C)-c1cc(C)c(C)c(C)c1C2. The van der Waals surface area contributed by atoms with Gasteiger partial charge in [0.1, 0.15) is 0 Å². The molecule has 0 nitrogen and oxygen atoms in total. The molecule has 0 N–H and O–H groups in total. The van der Waals surface area contributed by atoms with Gasteiger partial charge in [-0.15, -0.1) is 0 Å². The summed E-state index contributed by atoms with van der Waals surface area (Å²) in [5.41, 5.74) is 13.1. The van der Waals surface area contributed by atoms with Crippen LogP contribution >= 0.6 is 0 Å². The Morgan fingerprint density at radius 1 is 0.667 bits per heavy atom. The van der Waals surface area contributed by atoms with Crippen LogP contribution in [0.25, 0.3) is 11.1 Å². The Kier molecular flexibility index (Phi) is 2.38. The van der Waals surface area contributed by atoms with Crippen molar-refractivity contribution in [1.82, 2.24) is 0 Å². The van der Waals surface area contributed by atoms with Crippen LogP contribution in [0.15, 0.2) is 18.2 Å². The van der Waals surface area contributed by atoms with Crippen LogP contribution in [-0.2, 0) is 6.42 Å². The highest BCUT2D eigenvalue weighted by molar-refractivity contribution is 5.80. The zero-order valence-electron chi connectivity index (χ0n) is 11.9. The molecule has 0 bridgehead atoms. The van der Waals surface area contributed by atoms with E-state index in [2.05, 4.69) is 52.8 Å². The molecule has 0 fully saturated rings. The third-order valence-corrected chi connectivity index (χ3v) is 4.67. The lowest BCUT2D eigenvalue weighted by molar-refractivity contribution is 1.16. The summed E-state index contributed by atoms with van der Waals surface area (Å²) in [6.45, 7) is 11.2. The second-order valence-electron chi connectivity index (χ2n) is 5.74. The molecule has 0 unspecified atom stereocenters. The fraction of sp³-hybridized carbons (Fsp3) is 0.333. The molecule has 92 valence electrons. The molecule has 2 aromatic carbocycles. The maximum Gasteiger partial charge on any atom is -0.00106 e. The summed E-state index contributed by atoms with van der Waals surface area (Å²) in [7, 11) is 0. The van der Waals surface area contributed by atoms with E-state index >= 15 is 0 Å². The van der Waals surface area contributed by atoms with Gasteiger partial charge in [0.25, 0.3) is 0 Å². The molecular formula is C18H20. The van der Waals surface area contributed by atoms with E-state index in [1.54, 1.807) is 0 Å². The smallest absolute Gasteiger partial charge is 0.00106 e. The summed E-state index contributed by atoms with van der Waals surface area (Å²) >= 11 is 0. The molecule has 0 heterocycles. The van der Waals surface area contributed by atoms with Crippen LogP contribution in [0.1, 0.15) is 38.9 Å². The number of hydrogen-bond donors (Lipinski definition) is 0. The Morgan fingerprint density at radius 3 is 2.00 bits per heavy atom. The molecule has 18 heavy (non-hydrogen) atoms. The van der Waals surface area contributed by atoms with Gasteiger partial charge in [0.2, 0.25) is 0 Å². The van der Waals surface area contributed by atoms with E-state index in [0.717, 1.165) is 6.42 Å². The highest BCUT2D eigenvalue weighted by Gasteiger charge is 2.22. The van der Waals surface area contributed by atoms with Crippen molar-refractivity contribution in [3.05, 3.63) is 57.1 Å². The maximum atomic E-state index is 2.37. The normalized spacial score (nSPS) is 12.5. The van der Waals surface area contributed by atoms with Gasteiger partial charge in [0.15, 0.2) is 0 Å². The van der Waals surface area contributed by atoms with E-state index in [1.807, 2.05) is 0 Å². The predicted molar refractivity (Wildman–Crippen MR) is 78.4 cm³/mol. The average Bonchev–Trinajstić information content (AvgIpc) is 2.66. The molecular weight excluding hydrogens is 216 g/mol. The van der Waals surface area contributed by atoms with Gasteiger partial charge in [-0.3, -0.25) is 0 Å². The summed E-state index contributed by atoms with van der Waals surface area (Å²) < 4.78 is 0. The van der Waals surface area contributed by atoms with E-state index in [9.17, 15) is 0 Å². The first-order valence-corrected chi connectivity index (χ1v) is 6.69. The van der Waals surface area contributed by atoms with E-state index in [0.29, 0.717) is 0 Å². The maximum absolute atomic E-state index is 2.37. The molecule has 2 aromatic rings. The molecule has 1 aliphatic rings. The Balaban J connectivity index is 2.32. The van der Waals surface area contributed by atoms with E-state index in [4.69, 9.17) is 0 Å². The van der Waals surface area contributed by atoms with Gasteiger partial charge >= 0.3 is 0 Å². The fourth-order valence-electron chi connectivity index (χ4n) is 3.07. The lowest BCUT2D eigenvalue weighted by atomic mass is 9.94. The zero-order chi connectivity index (χ0) is 13.0. The van der Waals surface area contributed by atoms with Crippen molar-refractivity contribution in [3.8, 4) is 11.1 Å². The van der Waals surface area contributed by atoms with Crippen LogP contribution in [-0.4, -0.2) is 0 Å². The Morgan fingerprint density at radius 2 is 1.28 bits per heavy atom. The zero-order valence-corrected chi connectivity index (χ0v) is 11.9. The van der Waals surface area contributed by atoms with E-state index in [1.165, 1.54) is 50.1 Å². The lowest BCUT2D eigenvalue weighted by Crippen LogP contribution is -1.93. The summed E-state index contributed by atoms with van der Waals surface area (Å²) in [6.07, 6.45) is 1.11. The largest absolute Gasteiger partial charge is 0.0549 e. The summed E-state index contributed by atoms with van der Waals surface area (Å²) in [5, 5.41) is 0. The lowest BCUT2D eigenvalue weighted by Gasteiger charge is -2.11. The summed E-state index contributed by atoms with van der Waals surface area (Å²) in [5.74, 6) is 0. The minimum absolute atomic E-state index is 1.11. The first kappa shape index (κ1) is 11.5. The Hall–Kier alpha value is -1.56. The summed E-state index contributed by atoms with van der Waals surface area (Å²) in [4.78, 5) is 0. The highest BCUT2D eigenvalue weighted by atomic mass is 14.3. The Bertz CT molecular complexity index is 660. The van der Waals surface area contributed by atoms with Gasteiger partial charge in [-0.05, 0) is 91.1 Å². The number of fused-ring (bicyclic) bond motifs is 3. The second-order valence-corrected chi connectivity index (χ2v) is 5.74. The van der Waals surface area contributed by atoms with Gasteiger partial charge in [0.05, 0.1) is 0 Å². The molecule has 0 aliphatic heterocycles. The molecule has 0 atom stereocenters. The second kappa shape index (κ2) is 3.71. The minimum Gasteiger partial charge on any atom is -0.0549 e. The standard InChI is InChI=1S/C18H20/c1-10-6-15-9-16-14(5)13(4)12(3)8-18(16)17(15)7-11(10)2/h6-8H,9H2,1-5H3. The first-order valence-electron chi connectivity index (χ1n) is 6.69. The van der Waals surface area contributed by atoms with Gasteiger partial charge in [-0.2, -0.15) is 0 Å². The van der Waals surface area contributed by atoms with Crippen molar-refractivity contribution in [2.45, 2.75) is 41.0 Å². The number of rotatable bonds is 0. The Labute approximate surface area is 110 Å².